The Morgan fingerprint density at radius 2 is 1.87 bits per heavy atom. The normalized spacial score (nSPS) is 24.7. The standard InChI is InChI=1S/C42H55ClN2O9/c1-4-19-45(41(49)50-23-18-43)38-27-36(44-52-6-3)34-25-30(13-7-9-20-46)33(15-8-10-21-47)39-35-26-32(53-31-14-11-12-29(24-31)28-48)16-17-37(35)54-42(38,40(34)39)51-22-5-2/h5,11-12,14,16-17,24-26,28,30,33,38-40,46-47H,2,4,6-10,13,15,18-23,27H2,1,3H3/t30-,33+,38-,39+,40+,42+/m0/s1. The molecule has 54 heavy (non-hydrogen) atoms. The summed E-state index contributed by atoms with van der Waals surface area (Å²) in [5, 5.41) is 24.3. The van der Waals surface area contributed by atoms with Gasteiger partial charge in [-0.25, -0.2) is 4.79 Å². The van der Waals surface area contributed by atoms with Gasteiger partial charge in [-0.05, 0) is 86.8 Å². The van der Waals surface area contributed by atoms with Crippen LogP contribution in [0.15, 0.2) is 71.9 Å². The van der Waals surface area contributed by atoms with Crippen molar-refractivity contribution in [3.05, 3.63) is 77.9 Å². The van der Waals surface area contributed by atoms with Crippen LogP contribution in [0.1, 0.15) is 87.1 Å². The Morgan fingerprint density at radius 1 is 1.09 bits per heavy atom. The highest BCUT2D eigenvalue weighted by molar-refractivity contribution is 6.18. The number of aliphatic hydroxyl groups is 2. The minimum atomic E-state index is -1.38. The predicted octanol–water partition coefficient (Wildman–Crippen LogP) is 8.03. The van der Waals surface area contributed by atoms with Crippen molar-refractivity contribution in [1.29, 1.82) is 0 Å². The Morgan fingerprint density at radius 3 is 2.57 bits per heavy atom. The Labute approximate surface area is 323 Å². The fourth-order valence-electron chi connectivity index (χ4n) is 8.47. The molecule has 0 radical (unpaired) electrons. The molecule has 1 heterocycles. The lowest BCUT2D eigenvalue weighted by Crippen LogP contribution is -2.70. The van der Waals surface area contributed by atoms with Gasteiger partial charge < -0.3 is 34.0 Å². The second-order valence-corrected chi connectivity index (χ2v) is 14.4. The molecule has 0 saturated heterocycles. The summed E-state index contributed by atoms with van der Waals surface area (Å²) in [5.41, 5.74) is 3.09. The van der Waals surface area contributed by atoms with Gasteiger partial charge in [0.15, 0.2) is 0 Å². The number of unbranched alkanes of at least 4 members (excludes halogenated alkanes) is 2. The van der Waals surface area contributed by atoms with Crippen molar-refractivity contribution in [1.82, 2.24) is 4.90 Å². The number of oxime groups is 1. The van der Waals surface area contributed by atoms with E-state index in [1.54, 1.807) is 35.2 Å². The zero-order chi connectivity index (χ0) is 38.5. The van der Waals surface area contributed by atoms with Crippen molar-refractivity contribution in [3.8, 4) is 17.2 Å². The topological polar surface area (TPSA) is 136 Å². The van der Waals surface area contributed by atoms with E-state index in [1.165, 1.54) is 0 Å². The van der Waals surface area contributed by atoms with Crippen LogP contribution in [-0.2, 0) is 14.3 Å². The average Bonchev–Trinajstić information content (AvgIpc) is 3.19. The highest BCUT2D eigenvalue weighted by Crippen LogP contribution is 2.62. The van der Waals surface area contributed by atoms with Gasteiger partial charge >= 0.3 is 6.09 Å². The Balaban J connectivity index is 1.77. The van der Waals surface area contributed by atoms with Crippen LogP contribution in [0.5, 0.6) is 17.2 Å². The molecule has 2 aliphatic carbocycles. The van der Waals surface area contributed by atoms with Crippen LogP contribution < -0.4 is 9.47 Å². The number of ether oxygens (including phenoxy) is 4. The Bertz CT molecular complexity index is 1630. The number of hydrogen-bond acceptors (Lipinski definition) is 10. The molecule has 12 heteroatoms. The van der Waals surface area contributed by atoms with Crippen molar-refractivity contribution in [3.63, 3.8) is 0 Å². The van der Waals surface area contributed by atoms with E-state index in [0.29, 0.717) is 60.9 Å². The molecule has 0 bridgehead atoms. The van der Waals surface area contributed by atoms with Gasteiger partial charge in [0, 0.05) is 43.2 Å². The molecule has 2 N–H and O–H groups in total. The highest BCUT2D eigenvalue weighted by atomic mass is 35.5. The second kappa shape index (κ2) is 20.1. The molecule has 0 unspecified atom stereocenters. The molecule has 11 nitrogen and oxygen atoms in total. The number of rotatable bonds is 21. The molecule has 1 aliphatic heterocycles. The first-order valence-electron chi connectivity index (χ1n) is 19.3. The molecule has 1 saturated carbocycles. The van der Waals surface area contributed by atoms with Crippen LogP contribution in [-0.4, -0.2) is 90.5 Å². The second-order valence-electron chi connectivity index (χ2n) is 14.0. The highest BCUT2D eigenvalue weighted by Gasteiger charge is 2.65. The van der Waals surface area contributed by atoms with Gasteiger partial charge in [0.2, 0.25) is 5.79 Å². The van der Waals surface area contributed by atoms with E-state index in [4.69, 9.17) is 40.5 Å². The minimum Gasteiger partial charge on any atom is -0.459 e. The number of benzene rings is 2. The van der Waals surface area contributed by atoms with Gasteiger partial charge in [0.25, 0.3) is 0 Å². The maximum atomic E-state index is 13.9. The summed E-state index contributed by atoms with van der Waals surface area (Å²) in [6.07, 6.45) is 9.79. The summed E-state index contributed by atoms with van der Waals surface area (Å²) in [5.74, 6) is -0.0293. The zero-order valence-corrected chi connectivity index (χ0v) is 32.3. The van der Waals surface area contributed by atoms with Gasteiger partial charge in [0.1, 0.15) is 42.8 Å². The largest absolute Gasteiger partial charge is 0.459 e. The summed E-state index contributed by atoms with van der Waals surface area (Å²) >= 11 is 5.97. The Hall–Kier alpha value is -3.90. The van der Waals surface area contributed by atoms with Crippen LogP contribution in [0.3, 0.4) is 0 Å². The third kappa shape index (κ3) is 9.13. The lowest BCUT2D eigenvalue weighted by Gasteiger charge is -2.59. The number of alkyl halides is 1. The number of hydrogen-bond donors (Lipinski definition) is 2. The molecule has 1 fully saturated rings. The van der Waals surface area contributed by atoms with Crippen molar-refractivity contribution in [2.45, 2.75) is 83.0 Å². The Kier molecular flexibility index (Phi) is 15.4. The molecule has 2 aromatic rings. The minimum absolute atomic E-state index is 0.0512. The maximum absolute atomic E-state index is 13.9. The van der Waals surface area contributed by atoms with E-state index in [-0.39, 0.29) is 56.5 Å². The summed E-state index contributed by atoms with van der Waals surface area (Å²) in [6.45, 7) is 8.99. The summed E-state index contributed by atoms with van der Waals surface area (Å²) in [6, 6.07) is 12.1. The number of fused-ring (bicyclic) bond motifs is 2. The van der Waals surface area contributed by atoms with Crippen LogP contribution in [0.25, 0.3) is 0 Å². The smallest absolute Gasteiger partial charge is 0.410 e. The monoisotopic (exact) mass is 766 g/mol. The third-order valence-electron chi connectivity index (χ3n) is 10.6. The molecule has 0 spiro atoms. The molecule has 5 rings (SSSR count). The zero-order valence-electron chi connectivity index (χ0n) is 31.5. The number of aldehydes is 1. The fraction of sp³-hybridized carbons (Fsp3) is 0.548. The predicted molar refractivity (Wildman–Crippen MR) is 208 cm³/mol. The van der Waals surface area contributed by atoms with Crippen LogP contribution >= 0.6 is 11.6 Å². The SMILES string of the molecule is C=CCO[C@@]12Oc3ccc(Oc4cccc(C=O)c4)cc3[C@H]3[C@H](CCCCO)[C@@H](CCCCO)C=C(C(=NOCC)C[C@@H]1N(CCC)C(=O)OCCCl)[C@H]32. The molecule has 0 aromatic heterocycles. The van der Waals surface area contributed by atoms with Crippen molar-refractivity contribution in [2.24, 2.45) is 22.9 Å². The van der Waals surface area contributed by atoms with Crippen molar-refractivity contribution >= 4 is 29.7 Å². The lowest BCUT2D eigenvalue weighted by atomic mass is 9.55. The molecule has 2 aromatic carbocycles. The molecule has 1 amide bonds. The first-order chi connectivity index (χ1) is 26.4. The number of nitrogens with zero attached hydrogens (tertiary/aromatic N) is 2. The lowest BCUT2D eigenvalue weighted by molar-refractivity contribution is -0.255. The van der Waals surface area contributed by atoms with E-state index < -0.39 is 23.8 Å². The maximum Gasteiger partial charge on any atom is 0.410 e. The molecule has 294 valence electrons. The first-order valence-corrected chi connectivity index (χ1v) is 19.9. The van der Waals surface area contributed by atoms with Gasteiger partial charge in [-0.1, -0.05) is 49.2 Å². The summed E-state index contributed by atoms with van der Waals surface area (Å²) in [7, 11) is 0. The van der Waals surface area contributed by atoms with E-state index in [9.17, 15) is 19.8 Å². The molecule has 6 atom stereocenters. The van der Waals surface area contributed by atoms with E-state index in [0.717, 1.165) is 43.1 Å². The molecular formula is C42H55ClN2O9. The third-order valence-corrected chi connectivity index (χ3v) is 10.7. The van der Waals surface area contributed by atoms with Gasteiger partial charge in [-0.2, -0.15) is 0 Å². The number of allylic oxidation sites excluding steroid dienone is 1. The number of amides is 1. The quantitative estimate of drug-likeness (QED) is 0.0426. The van der Waals surface area contributed by atoms with Gasteiger partial charge in [-0.3, -0.25) is 9.69 Å². The average molecular weight is 767 g/mol. The van der Waals surface area contributed by atoms with Crippen molar-refractivity contribution < 1.29 is 43.6 Å². The number of carbonyl (C=O) groups excluding carboxylic acids is 2. The number of carbonyl (C=O) groups is 2. The summed E-state index contributed by atoms with van der Waals surface area (Å²) in [4.78, 5) is 33.0. The van der Waals surface area contributed by atoms with Gasteiger partial charge in [0.05, 0.1) is 24.1 Å². The van der Waals surface area contributed by atoms with Crippen LogP contribution in [0, 0.1) is 17.8 Å². The molecular weight excluding hydrogens is 712 g/mol. The van der Waals surface area contributed by atoms with E-state index >= 15 is 0 Å². The summed E-state index contributed by atoms with van der Waals surface area (Å²) < 4.78 is 26.2. The van der Waals surface area contributed by atoms with Crippen LogP contribution in [0.4, 0.5) is 4.79 Å². The van der Waals surface area contributed by atoms with E-state index in [2.05, 4.69) is 12.7 Å². The van der Waals surface area contributed by atoms with Crippen LogP contribution in [0.2, 0.25) is 0 Å². The fourth-order valence-corrected chi connectivity index (χ4v) is 8.54. The first kappa shape index (κ1) is 41.3. The number of aliphatic hydroxyl groups excluding tert-OH is 2. The van der Waals surface area contributed by atoms with E-state index in [1.807, 2.05) is 32.0 Å². The molecule has 3 aliphatic rings. The number of halogens is 1. The van der Waals surface area contributed by atoms with Crippen molar-refractivity contribution in [2.75, 3.05) is 45.5 Å². The van der Waals surface area contributed by atoms with Gasteiger partial charge in [-0.15, -0.1) is 18.2 Å².